The number of amides is 4. The molecule has 0 spiro atoms. The van der Waals surface area contributed by atoms with E-state index in [0.717, 1.165) is 34.1 Å². The second-order valence-electron chi connectivity index (χ2n) is 10.4. The summed E-state index contributed by atoms with van der Waals surface area (Å²) in [5, 5.41) is 10.1. The number of benzene rings is 2. The minimum atomic E-state index is -1.25. The minimum absolute atomic E-state index is 0.0692. The summed E-state index contributed by atoms with van der Waals surface area (Å²) < 4.78 is 0.391. The van der Waals surface area contributed by atoms with Crippen LogP contribution < -0.4 is 9.80 Å². The molecule has 0 aromatic heterocycles. The number of hydrogen-bond acceptors (Lipinski definition) is 9. The first-order valence-electron chi connectivity index (χ1n) is 13.6. The molecular formula is C30H24N4O6S4. The Morgan fingerprint density at radius 1 is 0.750 bits per heavy atom. The van der Waals surface area contributed by atoms with E-state index >= 15 is 0 Å². The number of hydrogen-bond donors (Lipinski definition) is 1. The predicted molar refractivity (Wildman–Crippen MR) is 178 cm³/mol. The van der Waals surface area contributed by atoms with Gasteiger partial charge < -0.3 is 14.9 Å². The number of fused-ring (bicyclic) bond motifs is 2. The van der Waals surface area contributed by atoms with Crippen molar-refractivity contribution in [2.24, 2.45) is 0 Å². The van der Waals surface area contributed by atoms with Gasteiger partial charge in [-0.3, -0.25) is 29.0 Å². The molecule has 2 aromatic carbocycles. The predicted octanol–water partition coefficient (Wildman–Crippen LogP) is 4.11. The maximum Gasteiger partial charge on any atom is 0.326 e. The van der Waals surface area contributed by atoms with Gasteiger partial charge in [-0.15, -0.1) is 0 Å². The van der Waals surface area contributed by atoms with E-state index in [4.69, 9.17) is 24.4 Å². The largest absolute Gasteiger partial charge is 0.480 e. The molecule has 2 saturated heterocycles. The Balaban J connectivity index is 1.15. The van der Waals surface area contributed by atoms with Crippen LogP contribution in [0.15, 0.2) is 58.3 Å². The Labute approximate surface area is 271 Å². The van der Waals surface area contributed by atoms with Gasteiger partial charge in [0.05, 0.1) is 32.3 Å². The molecule has 1 unspecified atom stereocenters. The number of carboxylic acids is 1. The van der Waals surface area contributed by atoms with Gasteiger partial charge in [-0.1, -0.05) is 84.4 Å². The van der Waals surface area contributed by atoms with Crippen molar-refractivity contribution in [1.29, 1.82) is 0 Å². The molecule has 2 aromatic rings. The number of thioether (sulfide) groups is 2. The molecule has 0 saturated carbocycles. The molecule has 44 heavy (non-hydrogen) atoms. The Bertz CT molecular complexity index is 1790. The maximum atomic E-state index is 13.6. The number of carbonyl (C=O) groups excluding carboxylic acids is 4. The summed E-state index contributed by atoms with van der Waals surface area (Å²) in [4.78, 5) is 71.2. The van der Waals surface area contributed by atoms with Crippen LogP contribution in [0.1, 0.15) is 30.4 Å². The number of carbonyl (C=O) groups is 5. The maximum absolute atomic E-state index is 13.6. The van der Waals surface area contributed by atoms with Gasteiger partial charge in [-0.05, 0) is 31.4 Å². The normalized spacial score (nSPS) is 22.1. The minimum Gasteiger partial charge on any atom is -0.480 e. The molecule has 4 aliphatic rings. The summed E-state index contributed by atoms with van der Waals surface area (Å²) in [6.45, 7) is 0.222. The van der Waals surface area contributed by atoms with Gasteiger partial charge in [0, 0.05) is 31.8 Å². The molecule has 10 nitrogen and oxygen atoms in total. The number of para-hydroxylation sites is 2. The van der Waals surface area contributed by atoms with Gasteiger partial charge >= 0.3 is 5.97 Å². The van der Waals surface area contributed by atoms with Gasteiger partial charge in [0.15, 0.2) is 0 Å². The molecule has 1 N–H and O–H groups in total. The molecule has 4 heterocycles. The average molecular weight is 665 g/mol. The van der Waals surface area contributed by atoms with Crippen molar-refractivity contribution in [3.63, 3.8) is 0 Å². The van der Waals surface area contributed by atoms with E-state index in [9.17, 15) is 29.1 Å². The highest BCUT2D eigenvalue weighted by atomic mass is 32.2. The first kappa shape index (κ1) is 30.2. The number of anilines is 2. The van der Waals surface area contributed by atoms with Gasteiger partial charge in [0.1, 0.15) is 14.7 Å². The van der Waals surface area contributed by atoms with Crippen molar-refractivity contribution >= 4 is 109 Å². The second kappa shape index (κ2) is 11.6. The van der Waals surface area contributed by atoms with E-state index in [0.29, 0.717) is 39.5 Å². The first-order valence-corrected chi connectivity index (χ1v) is 16.0. The summed E-state index contributed by atoms with van der Waals surface area (Å²) in [6, 6.07) is 13.1. The summed E-state index contributed by atoms with van der Waals surface area (Å²) in [6.07, 6.45) is 0.815. The summed E-state index contributed by atoms with van der Waals surface area (Å²) in [5.41, 5.74) is 3.19. The molecular weight excluding hydrogens is 641 g/mol. The van der Waals surface area contributed by atoms with Crippen LogP contribution in [0.3, 0.4) is 0 Å². The number of likely N-dealkylation sites (N-methyl/N-ethyl adjacent to an activating group) is 2. The Kier molecular flexibility index (Phi) is 7.94. The molecule has 224 valence electrons. The zero-order chi connectivity index (χ0) is 31.4. The number of nitrogens with zero attached hydrogens (tertiary/aromatic N) is 4. The van der Waals surface area contributed by atoms with E-state index in [2.05, 4.69) is 0 Å². The monoisotopic (exact) mass is 664 g/mol. The zero-order valence-corrected chi connectivity index (χ0v) is 26.7. The van der Waals surface area contributed by atoms with Crippen molar-refractivity contribution in [1.82, 2.24) is 9.80 Å². The number of carboxylic acid groups (broad SMARTS) is 1. The quantitative estimate of drug-likeness (QED) is 0.263. The third kappa shape index (κ3) is 4.76. The molecule has 0 aliphatic carbocycles. The highest BCUT2D eigenvalue weighted by Crippen LogP contribution is 2.46. The zero-order valence-electron chi connectivity index (χ0n) is 23.4. The lowest BCUT2D eigenvalue weighted by Gasteiger charge is -2.23. The van der Waals surface area contributed by atoms with Crippen LogP contribution in [0.4, 0.5) is 11.4 Å². The fraction of sp³-hybridized carbons (Fsp3) is 0.233. The van der Waals surface area contributed by atoms with Crippen molar-refractivity contribution in [3.8, 4) is 0 Å². The van der Waals surface area contributed by atoms with Crippen LogP contribution in [-0.2, 0) is 24.0 Å². The van der Waals surface area contributed by atoms with Crippen LogP contribution >= 0.6 is 48.0 Å². The van der Waals surface area contributed by atoms with Gasteiger partial charge in [0.2, 0.25) is 0 Å². The number of aliphatic carboxylic acids is 1. The fourth-order valence-corrected chi connectivity index (χ4v) is 8.50. The lowest BCUT2D eigenvalue weighted by Crippen LogP contribution is -2.44. The first-order chi connectivity index (χ1) is 21.0. The number of unbranched alkanes of at least 4 members (excludes halogenated alkanes) is 1. The van der Waals surface area contributed by atoms with Gasteiger partial charge in [-0.25, -0.2) is 4.79 Å². The molecule has 0 radical (unpaired) electrons. The third-order valence-electron chi connectivity index (χ3n) is 7.91. The lowest BCUT2D eigenvalue weighted by molar-refractivity contribution is -0.145. The molecule has 4 amide bonds. The van der Waals surface area contributed by atoms with Crippen LogP contribution in [0.5, 0.6) is 0 Å². The van der Waals surface area contributed by atoms with Crippen LogP contribution in [0.2, 0.25) is 0 Å². The fourth-order valence-electron chi connectivity index (χ4n) is 5.69. The highest BCUT2D eigenvalue weighted by Gasteiger charge is 2.45. The molecule has 4 aliphatic heterocycles. The number of thiocarbonyl (C=S) groups is 2. The van der Waals surface area contributed by atoms with Crippen molar-refractivity contribution < 1.29 is 29.1 Å². The van der Waals surface area contributed by atoms with E-state index in [1.54, 1.807) is 44.4 Å². The summed E-state index contributed by atoms with van der Waals surface area (Å²) >= 11 is 12.9. The smallest absolute Gasteiger partial charge is 0.326 e. The van der Waals surface area contributed by atoms with Crippen molar-refractivity contribution in [2.75, 3.05) is 30.4 Å². The van der Waals surface area contributed by atoms with Crippen molar-refractivity contribution in [2.45, 2.75) is 25.3 Å². The molecule has 14 heteroatoms. The van der Waals surface area contributed by atoms with Crippen LogP contribution in [-0.4, -0.2) is 79.8 Å². The van der Waals surface area contributed by atoms with Gasteiger partial charge in [-0.2, -0.15) is 0 Å². The van der Waals surface area contributed by atoms with Crippen LogP contribution in [0.25, 0.3) is 11.1 Å². The summed E-state index contributed by atoms with van der Waals surface area (Å²) in [5.74, 6) is -2.83. The molecule has 1 atom stereocenters. The van der Waals surface area contributed by atoms with E-state index in [-0.39, 0.29) is 50.4 Å². The number of rotatable bonds is 7. The van der Waals surface area contributed by atoms with Crippen LogP contribution in [0, 0.1) is 0 Å². The third-order valence-corrected chi connectivity index (χ3v) is 10.8. The molecule has 2 fully saturated rings. The Hall–Kier alpha value is -3.85. The molecule has 6 rings (SSSR count). The second-order valence-corrected chi connectivity index (χ2v) is 13.7. The topological polar surface area (TPSA) is 119 Å². The lowest BCUT2D eigenvalue weighted by atomic mass is 10.0. The highest BCUT2D eigenvalue weighted by molar-refractivity contribution is 8.27. The van der Waals surface area contributed by atoms with Gasteiger partial charge in [0.25, 0.3) is 23.6 Å². The SMILES string of the molecule is CN1C(=O)C(=C2SC(=S)N(CCCCC(C(=O)O)N3C(=O)C(=C4C(=O)N(C)c5ccccc54)SC3=S)C2=O)c2ccccc21. The van der Waals surface area contributed by atoms with Crippen molar-refractivity contribution in [3.05, 3.63) is 69.5 Å². The van der Waals surface area contributed by atoms with E-state index in [1.807, 2.05) is 18.2 Å². The molecule has 0 bridgehead atoms. The Morgan fingerprint density at radius 2 is 1.25 bits per heavy atom. The van der Waals surface area contributed by atoms with E-state index < -0.39 is 17.9 Å². The summed E-state index contributed by atoms with van der Waals surface area (Å²) in [7, 11) is 3.28. The Morgan fingerprint density at radius 3 is 1.80 bits per heavy atom. The van der Waals surface area contributed by atoms with E-state index in [1.165, 1.54) is 14.7 Å². The average Bonchev–Trinajstić information content (AvgIpc) is 3.63. The standard InChI is InChI=1S/C30H24N4O6S4/c1-31-17-11-5-3-9-15(17)20(24(31)35)22-26(37)33(29(41)43-22)14-8-7-13-19(28(39)40)34-27(38)23(44-30(34)42)21-16-10-4-6-12-18(16)32(2)25(21)36/h3-6,9-12,19H,7-8,13-14H2,1-2H3,(H,39,40).